The highest BCUT2D eigenvalue weighted by atomic mass is 16.5. The lowest BCUT2D eigenvalue weighted by molar-refractivity contribution is 0.108. The number of aliphatic hydroxyl groups excluding tert-OH is 1. The van der Waals surface area contributed by atoms with Gasteiger partial charge in [-0.15, -0.1) is 0 Å². The van der Waals surface area contributed by atoms with Crippen molar-refractivity contribution >= 4 is 22.8 Å². The normalized spacial score (nSPS) is 14.4. The van der Waals surface area contributed by atoms with Gasteiger partial charge in [-0.25, -0.2) is 4.98 Å². The lowest BCUT2D eigenvalue weighted by atomic mass is 10.1. The maximum absolute atomic E-state index is 9.14. The number of aromatic nitrogens is 4. The number of rotatable bonds is 13. The Morgan fingerprint density at radius 1 is 0.976 bits per heavy atom. The number of nitrogen functional groups attached to an aromatic ring is 1. The van der Waals surface area contributed by atoms with Gasteiger partial charge in [0, 0.05) is 57.4 Å². The minimum Gasteiger partial charge on any atom is -0.496 e. The molecular weight excluding hydrogens is 520 g/mol. The molecule has 0 radical (unpaired) electrons. The maximum Gasteiger partial charge on any atom is 0.222 e. The number of anilines is 2. The maximum atomic E-state index is 9.14. The van der Waals surface area contributed by atoms with Crippen molar-refractivity contribution in [3.8, 4) is 17.2 Å². The highest BCUT2D eigenvalue weighted by Gasteiger charge is 2.17. The molecule has 0 spiro atoms. The zero-order valence-electron chi connectivity index (χ0n) is 23.9. The van der Waals surface area contributed by atoms with Crippen molar-refractivity contribution in [2.24, 2.45) is 0 Å². The van der Waals surface area contributed by atoms with Crippen LogP contribution >= 0.6 is 0 Å². The monoisotopic (exact) mass is 560 g/mol. The summed E-state index contributed by atoms with van der Waals surface area (Å²) in [5.74, 6) is 3.08. The molecule has 11 nitrogen and oxygen atoms in total. The first-order chi connectivity index (χ1) is 20.1. The van der Waals surface area contributed by atoms with Gasteiger partial charge in [-0.3, -0.25) is 14.5 Å². The molecule has 0 unspecified atom stereocenters. The van der Waals surface area contributed by atoms with Crippen molar-refractivity contribution in [1.29, 1.82) is 0 Å². The summed E-state index contributed by atoms with van der Waals surface area (Å²) in [7, 11) is 1.66. The number of hydrogen-bond acceptors (Lipinski definition) is 10. The van der Waals surface area contributed by atoms with Gasteiger partial charge in [0.05, 0.1) is 26.5 Å². The van der Waals surface area contributed by atoms with E-state index in [-0.39, 0.29) is 12.6 Å². The number of unbranched alkanes of at least 4 members (excludes halogenated alkanes) is 1. The average molecular weight is 561 g/mol. The molecule has 0 bridgehead atoms. The van der Waals surface area contributed by atoms with Crippen LogP contribution in [0.5, 0.6) is 17.2 Å². The van der Waals surface area contributed by atoms with Gasteiger partial charge >= 0.3 is 0 Å². The molecule has 0 saturated carbocycles. The zero-order valence-corrected chi connectivity index (χ0v) is 23.9. The third-order valence-corrected chi connectivity index (χ3v) is 7.35. The summed E-state index contributed by atoms with van der Waals surface area (Å²) in [6.07, 6.45) is 3.82. The first-order valence-corrected chi connectivity index (χ1v) is 14.3. The Kier molecular flexibility index (Phi) is 9.50. The topological polar surface area (TPSA) is 127 Å². The number of benzene rings is 2. The first kappa shape index (κ1) is 28.6. The molecule has 1 aliphatic heterocycles. The molecule has 1 aliphatic rings. The Morgan fingerprint density at radius 2 is 1.73 bits per heavy atom. The molecule has 218 valence electrons. The van der Waals surface area contributed by atoms with E-state index < -0.39 is 0 Å². The molecule has 0 aliphatic carbocycles. The van der Waals surface area contributed by atoms with Crippen molar-refractivity contribution in [2.45, 2.75) is 32.9 Å². The van der Waals surface area contributed by atoms with E-state index in [4.69, 9.17) is 20.3 Å². The van der Waals surface area contributed by atoms with Crippen molar-refractivity contribution in [1.82, 2.24) is 29.5 Å². The number of nitrogens with one attached hydrogen (secondary N) is 1. The fraction of sp³-hybridized carbons (Fsp3) is 0.433. The summed E-state index contributed by atoms with van der Waals surface area (Å²) in [4.78, 5) is 13.5. The third kappa shape index (κ3) is 7.24. The highest BCUT2D eigenvalue weighted by Crippen LogP contribution is 2.30. The van der Waals surface area contributed by atoms with Gasteiger partial charge in [0.25, 0.3) is 0 Å². The molecule has 2 aromatic heterocycles. The van der Waals surface area contributed by atoms with Crippen LogP contribution in [0.1, 0.15) is 30.9 Å². The van der Waals surface area contributed by atoms with Gasteiger partial charge in [-0.1, -0.05) is 25.5 Å². The number of hydrogen-bond donors (Lipinski definition) is 3. The number of aliphatic hydroxyl groups is 1. The summed E-state index contributed by atoms with van der Waals surface area (Å²) in [6, 6.07) is 14.1. The van der Waals surface area contributed by atoms with Gasteiger partial charge in [0.1, 0.15) is 28.3 Å². The van der Waals surface area contributed by atoms with E-state index in [2.05, 4.69) is 49.2 Å². The van der Waals surface area contributed by atoms with Crippen molar-refractivity contribution in [3.63, 3.8) is 0 Å². The number of methoxy groups -OCH3 is 1. The van der Waals surface area contributed by atoms with Crippen LogP contribution in [0.15, 0.2) is 48.7 Å². The van der Waals surface area contributed by atoms with Gasteiger partial charge < -0.3 is 25.6 Å². The number of ether oxygens (including phenoxy) is 2. The lowest BCUT2D eigenvalue weighted by Crippen LogP contribution is -2.46. The van der Waals surface area contributed by atoms with Crippen LogP contribution in [0.2, 0.25) is 0 Å². The molecule has 41 heavy (non-hydrogen) atoms. The largest absolute Gasteiger partial charge is 0.496 e. The summed E-state index contributed by atoms with van der Waals surface area (Å²) < 4.78 is 13.8. The van der Waals surface area contributed by atoms with Crippen LogP contribution < -0.4 is 20.5 Å². The Morgan fingerprint density at radius 3 is 2.46 bits per heavy atom. The number of piperazine rings is 1. The Balaban J connectivity index is 1.24. The smallest absolute Gasteiger partial charge is 0.222 e. The molecule has 1 saturated heterocycles. The second-order valence-corrected chi connectivity index (χ2v) is 10.3. The van der Waals surface area contributed by atoms with Crippen molar-refractivity contribution in [2.75, 3.05) is 64.0 Å². The molecule has 3 heterocycles. The van der Waals surface area contributed by atoms with Crippen LogP contribution in [0.25, 0.3) is 11.0 Å². The third-order valence-electron chi connectivity index (χ3n) is 7.35. The Hall–Kier alpha value is -3.93. The van der Waals surface area contributed by atoms with E-state index in [1.165, 1.54) is 5.56 Å². The van der Waals surface area contributed by atoms with Crippen molar-refractivity contribution in [3.05, 3.63) is 59.8 Å². The predicted octanol–water partition coefficient (Wildman–Crippen LogP) is 3.58. The van der Waals surface area contributed by atoms with Gasteiger partial charge in [0.15, 0.2) is 5.82 Å². The van der Waals surface area contributed by atoms with Crippen LogP contribution in [0, 0.1) is 0 Å². The quantitative estimate of drug-likeness (QED) is 0.209. The number of fused-ring (bicyclic) bond motifs is 1. The fourth-order valence-corrected chi connectivity index (χ4v) is 5.09. The average Bonchev–Trinajstić information content (AvgIpc) is 3.38. The molecule has 4 N–H and O–H groups in total. The van der Waals surface area contributed by atoms with E-state index in [0.29, 0.717) is 29.4 Å². The summed E-state index contributed by atoms with van der Waals surface area (Å²) >= 11 is 0. The number of nitrogens with zero attached hydrogens (tertiary/aromatic N) is 6. The minimum atomic E-state index is 0.222. The lowest BCUT2D eigenvalue weighted by Gasteiger charge is -2.34. The second kappa shape index (κ2) is 13.6. The van der Waals surface area contributed by atoms with E-state index in [9.17, 15) is 0 Å². The predicted molar refractivity (Wildman–Crippen MR) is 161 cm³/mol. The molecule has 4 aromatic rings. The Labute approximate surface area is 240 Å². The molecule has 0 amide bonds. The van der Waals surface area contributed by atoms with Crippen LogP contribution in [0.4, 0.5) is 11.8 Å². The Bertz CT molecular complexity index is 1420. The van der Waals surface area contributed by atoms with E-state index in [1.807, 2.05) is 35.0 Å². The zero-order chi connectivity index (χ0) is 28.6. The SMILES string of the molecule is CCCCNc1nc(N)nc2cnn(Cc3ccc(Oc4ccc(CN5CCN(CCO)CC5)cc4)cc3OC)c12. The van der Waals surface area contributed by atoms with Crippen LogP contribution in [-0.2, 0) is 13.1 Å². The van der Waals surface area contributed by atoms with E-state index in [0.717, 1.165) is 75.5 Å². The standard InChI is InChI=1S/C30H40N8O3/c1-3-4-11-32-29-28-26(34-30(31)35-29)19-33-38(28)21-23-7-10-25(18-27(23)40-2)41-24-8-5-22(6-9-24)20-37-14-12-36(13-15-37)16-17-39/h5-10,18-19,39H,3-4,11-17,20-21H2,1-2H3,(H3,31,32,34,35). The number of β-amino-alcohol motifs (C(OH)–C–C–N with tert-alkyl or cyclic N) is 1. The second-order valence-electron chi connectivity index (χ2n) is 10.3. The first-order valence-electron chi connectivity index (χ1n) is 14.3. The van der Waals surface area contributed by atoms with E-state index in [1.54, 1.807) is 13.3 Å². The summed E-state index contributed by atoms with van der Waals surface area (Å²) in [5.41, 5.74) is 9.65. The molecular formula is C30H40N8O3. The van der Waals surface area contributed by atoms with Crippen LogP contribution in [0.3, 0.4) is 0 Å². The molecule has 1 fully saturated rings. The molecule has 11 heteroatoms. The summed E-state index contributed by atoms with van der Waals surface area (Å²) in [5, 5.41) is 17.1. The van der Waals surface area contributed by atoms with Gasteiger partial charge in [-0.05, 0) is 36.2 Å². The molecule has 2 aromatic carbocycles. The van der Waals surface area contributed by atoms with Crippen LogP contribution in [-0.4, -0.2) is 87.6 Å². The highest BCUT2D eigenvalue weighted by molar-refractivity contribution is 5.86. The fourth-order valence-electron chi connectivity index (χ4n) is 5.09. The van der Waals surface area contributed by atoms with Crippen molar-refractivity contribution < 1.29 is 14.6 Å². The molecule has 0 atom stereocenters. The van der Waals surface area contributed by atoms with E-state index >= 15 is 0 Å². The summed E-state index contributed by atoms with van der Waals surface area (Å²) in [6.45, 7) is 9.32. The van der Waals surface area contributed by atoms with Gasteiger partial charge in [0.2, 0.25) is 5.95 Å². The minimum absolute atomic E-state index is 0.222. The van der Waals surface area contributed by atoms with Gasteiger partial charge in [-0.2, -0.15) is 10.1 Å². The molecule has 5 rings (SSSR count). The number of nitrogens with two attached hydrogens (primary N) is 1.